The molecular weight excluding hydrogens is 687 g/mol. The number of furan rings is 2. The van der Waals surface area contributed by atoms with Gasteiger partial charge in [0.25, 0.3) is 0 Å². The number of hydrogen-bond acceptors (Lipinski definition) is 5. The standard InChI is InChI=1S/C51H31N3O2/c1-2-10-30(11-3-1)37-15-8-16-39-47-40(17-9-19-44(47)56-48(37)39)51-53-49(34-24-22-32-21-20-31-12-4-5-13-36(31)41(32)28-34)52-50(54-51)35-25-23-33-26-27-45-46(42(33)29-35)38-14-6-7-18-43(38)55-45/h1-25,27-29,33H,26H2. The molecule has 1 atom stereocenters. The lowest BCUT2D eigenvalue weighted by molar-refractivity contribution is 0.568. The number of rotatable bonds is 4. The minimum atomic E-state index is 0.242. The predicted molar refractivity (Wildman–Crippen MR) is 227 cm³/mol. The summed E-state index contributed by atoms with van der Waals surface area (Å²) in [4.78, 5) is 15.8. The zero-order chi connectivity index (χ0) is 36.7. The van der Waals surface area contributed by atoms with Gasteiger partial charge in [-0.3, -0.25) is 0 Å². The van der Waals surface area contributed by atoms with Crippen LogP contribution in [0.3, 0.4) is 0 Å². The second-order valence-corrected chi connectivity index (χ2v) is 14.7. The minimum Gasteiger partial charge on any atom is -0.456 e. The molecular formula is C51H31N3O2. The zero-order valence-electron chi connectivity index (χ0n) is 30.1. The predicted octanol–water partition coefficient (Wildman–Crippen LogP) is 11.4. The van der Waals surface area contributed by atoms with Crippen molar-refractivity contribution < 1.29 is 8.83 Å². The van der Waals surface area contributed by atoms with Crippen molar-refractivity contribution in [1.82, 2.24) is 15.0 Å². The molecule has 3 heterocycles. The van der Waals surface area contributed by atoms with Crippen LogP contribution in [0, 0.1) is 5.92 Å². The number of fused-ring (bicyclic) bond motifs is 10. The average molecular weight is 718 g/mol. The van der Waals surface area contributed by atoms with Crippen LogP contribution >= 0.6 is 0 Å². The Hall–Kier alpha value is -7.37. The quantitative estimate of drug-likeness (QED) is 0.170. The Balaban J connectivity index is 1.11. The van der Waals surface area contributed by atoms with Crippen LogP contribution in [0.1, 0.15) is 12.2 Å². The fourth-order valence-corrected chi connectivity index (χ4v) is 8.76. The maximum Gasteiger partial charge on any atom is 0.164 e. The van der Waals surface area contributed by atoms with Crippen molar-refractivity contribution in [1.29, 1.82) is 0 Å². The molecule has 5 heteroatoms. The summed E-state index contributed by atoms with van der Waals surface area (Å²) in [5.41, 5.74) is 9.58. The Morgan fingerprint density at radius 2 is 1.23 bits per heavy atom. The van der Waals surface area contributed by atoms with Gasteiger partial charge in [0.05, 0.1) is 0 Å². The molecule has 262 valence electrons. The highest BCUT2D eigenvalue weighted by Gasteiger charge is 2.24. The van der Waals surface area contributed by atoms with Gasteiger partial charge in [-0.05, 0) is 69.5 Å². The Bertz CT molecular complexity index is 3460. The first-order valence-corrected chi connectivity index (χ1v) is 19.0. The highest BCUT2D eigenvalue weighted by Crippen LogP contribution is 2.41. The first-order chi connectivity index (χ1) is 27.7. The van der Waals surface area contributed by atoms with E-state index in [0.29, 0.717) is 17.5 Å². The lowest BCUT2D eigenvalue weighted by Gasteiger charge is -2.20. The molecule has 0 radical (unpaired) electrons. The van der Waals surface area contributed by atoms with Crippen LogP contribution in [0.15, 0.2) is 173 Å². The number of nitrogens with zero attached hydrogens (tertiary/aromatic N) is 3. The average Bonchev–Trinajstić information content (AvgIpc) is 3.85. The van der Waals surface area contributed by atoms with Crippen molar-refractivity contribution in [3.05, 3.63) is 180 Å². The SMILES string of the molecule is C1=CC2CC=c3oc4ccccc4c3=C2C=C1c1nc(-c2ccc3ccc4ccccc4c3c2)nc(-c2cccc3oc4c(-c5ccccc5)cccc4c23)n1. The van der Waals surface area contributed by atoms with E-state index in [0.717, 1.165) is 83.2 Å². The van der Waals surface area contributed by atoms with Crippen molar-refractivity contribution in [2.24, 2.45) is 5.92 Å². The molecule has 0 bridgehead atoms. The molecule has 12 rings (SSSR count). The third-order valence-electron chi connectivity index (χ3n) is 11.4. The van der Waals surface area contributed by atoms with Gasteiger partial charge >= 0.3 is 0 Å². The fourth-order valence-electron chi connectivity index (χ4n) is 8.76. The van der Waals surface area contributed by atoms with Crippen molar-refractivity contribution in [3.8, 4) is 33.9 Å². The van der Waals surface area contributed by atoms with E-state index >= 15 is 0 Å². The summed E-state index contributed by atoms with van der Waals surface area (Å²) in [6.45, 7) is 0. The van der Waals surface area contributed by atoms with E-state index in [2.05, 4.69) is 140 Å². The summed E-state index contributed by atoms with van der Waals surface area (Å²) in [5.74, 6) is 2.06. The van der Waals surface area contributed by atoms with Gasteiger partial charge in [-0.2, -0.15) is 0 Å². The second-order valence-electron chi connectivity index (χ2n) is 14.7. The summed E-state index contributed by atoms with van der Waals surface area (Å²) in [6.07, 6.45) is 9.81. The topological polar surface area (TPSA) is 65.0 Å². The molecule has 56 heavy (non-hydrogen) atoms. The molecule has 10 aromatic rings. The molecule has 0 fully saturated rings. The molecule has 0 aliphatic heterocycles. The van der Waals surface area contributed by atoms with Crippen LogP contribution in [0.25, 0.3) is 106 Å². The van der Waals surface area contributed by atoms with Crippen LogP contribution in [0.5, 0.6) is 0 Å². The van der Waals surface area contributed by atoms with E-state index in [4.69, 9.17) is 23.8 Å². The Morgan fingerprint density at radius 1 is 0.518 bits per heavy atom. The molecule has 2 aliphatic rings. The second kappa shape index (κ2) is 12.1. The number of aromatic nitrogens is 3. The molecule has 0 amide bonds. The van der Waals surface area contributed by atoms with Gasteiger partial charge in [0.2, 0.25) is 0 Å². The Labute approximate surface area is 320 Å². The largest absolute Gasteiger partial charge is 0.456 e. The molecule has 0 spiro atoms. The molecule has 1 unspecified atom stereocenters. The first kappa shape index (κ1) is 31.0. The monoisotopic (exact) mass is 717 g/mol. The highest BCUT2D eigenvalue weighted by atomic mass is 16.3. The van der Waals surface area contributed by atoms with E-state index < -0.39 is 0 Å². The smallest absolute Gasteiger partial charge is 0.164 e. The third-order valence-corrected chi connectivity index (χ3v) is 11.4. The van der Waals surface area contributed by atoms with Gasteiger partial charge in [-0.15, -0.1) is 0 Å². The summed E-state index contributed by atoms with van der Waals surface area (Å²) in [6, 6.07) is 50.6. The molecule has 5 nitrogen and oxygen atoms in total. The van der Waals surface area contributed by atoms with Gasteiger partial charge in [-0.1, -0.05) is 140 Å². The Morgan fingerprint density at radius 3 is 2.16 bits per heavy atom. The van der Waals surface area contributed by atoms with Crippen LogP contribution in [0.2, 0.25) is 0 Å². The Kier molecular flexibility index (Phi) is 6.69. The van der Waals surface area contributed by atoms with Gasteiger partial charge in [0, 0.05) is 49.6 Å². The van der Waals surface area contributed by atoms with Crippen LogP contribution in [0.4, 0.5) is 0 Å². The van der Waals surface area contributed by atoms with Crippen LogP contribution < -0.4 is 10.6 Å². The first-order valence-electron chi connectivity index (χ1n) is 19.0. The maximum atomic E-state index is 6.66. The number of hydrogen-bond donors (Lipinski definition) is 0. The molecule has 2 aliphatic carbocycles. The maximum absolute atomic E-state index is 6.66. The van der Waals surface area contributed by atoms with E-state index in [1.165, 1.54) is 21.7 Å². The highest BCUT2D eigenvalue weighted by molar-refractivity contribution is 6.15. The van der Waals surface area contributed by atoms with E-state index in [1.54, 1.807) is 0 Å². The molecule has 0 N–H and O–H groups in total. The van der Waals surface area contributed by atoms with Crippen molar-refractivity contribution >= 4 is 71.7 Å². The van der Waals surface area contributed by atoms with Crippen molar-refractivity contribution in [3.63, 3.8) is 0 Å². The molecule has 7 aromatic carbocycles. The lowest BCUT2D eigenvalue weighted by atomic mass is 9.84. The van der Waals surface area contributed by atoms with Crippen molar-refractivity contribution in [2.75, 3.05) is 0 Å². The molecule has 0 saturated carbocycles. The summed E-state index contributed by atoms with van der Waals surface area (Å²) >= 11 is 0. The van der Waals surface area contributed by atoms with Gasteiger partial charge in [-0.25, -0.2) is 15.0 Å². The van der Waals surface area contributed by atoms with E-state index in [9.17, 15) is 0 Å². The molecule has 0 saturated heterocycles. The van der Waals surface area contributed by atoms with Gasteiger partial charge < -0.3 is 8.83 Å². The van der Waals surface area contributed by atoms with Crippen LogP contribution in [-0.2, 0) is 0 Å². The summed E-state index contributed by atoms with van der Waals surface area (Å²) in [7, 11) is 0. The number of para-hydroxylation sites is 2. The fraction of sp³-hybridized carbons (Fsp3) is 0.0392. The number of allylic oxidation sites excluding steroid dienone is 4. The van der Waals surface area contributed by atoms with Crippen molar-refractivity contribution in [2.45, 2.75) is 6.42 Å². The van der Waals surface area contributed by atoms with E-state index in [1.807, 2.05) is 30.3 Å². The van der Waals surface area contributed by atoms with Gasteiger partial charge in [0.15, 0.2) is 17.5 Å². The molecule has 3 aromatic heterocycles. The zero-order valence-corrected chi connectivity index (χ0v) is 30.1. The van der Waals surface area contributed by atoms with Crippen LogP contribution in [-0.4, -0.2) is 15.0 Å². The third kappa shape index (κ3) is 4.77. The normalized spacial score (nSPS) is 15.0. The summed E-state index contributed by atoms with van der Waals surface area (Å²) in [5, 5.41) is 9.00. The lowest BCUT2D eigenvalue weighted by Crippen LogP contribution is -2.29. The van der Waals surface area contributed by atoms with Gasteiger partial charge in [0.1, 0.15) is 22.2 Å². The summed E-state index contributed by atoms with van der Waals surface area (Å²) < 4.78 is 13.0. The number of benzene rings is 7. The minimum absolute atomic E-state index is 0.242. The van der Waals surface area contributed by atoms with E-state index in [-0.39, 0.29) is 5.92 Å².